The van der Waals surface area contributed by atoms with E-state index in [-0.39, 0.29) is 47.1 Å². The molecule has 0 saturated carbocycles. The molecule has 4 N–H and O–H groups in total. The fraction of sp³-hybridized carbons (Fsp3) is 0.0345. The molecule has 0 aliphatic carbocycles. The Balaban J connectivity index is 0.000000375. The van der Waals surface area contributed by atoms with E-state index in [2.05, 4.69) is 313 Å². The molecule has 8 rings (SSSR count). The summed E-state index contributed by atoms with van der Waals surface area (Å²) < 4.78 is 2.24. The van der Waals surface area contributed by atoms with E-state index in [0.717, 1.165) is 21.3 Å². The largest absolute Gasteiger partial charge is 2.00 e. The maximum Gasteiger partial charge on any atom is 2.00 e. The Kier molecular flexibility index (Phi) is 28.8. The molecular formula is C58H46Br2N4NiO2P2S4. The first-order valence-electron chi connectivity index (χ1n) is 21.4. The summed E-state index contributed by atoms with van der Waals surface area (Å²) in [4.78, 5) is -0.435. The SMILES string of the molecule is Brc1ccc(C[P+](c2ccccc2)(c2ccccc2)c2ccccc2)cc1.Brc1ccc(C[P+](c2ccccc2)(c2ccccc2)c2ccccc2)cc1.N#C/C([S-])=C(/[S-])C#N.N#C/C([S-])=C(/[S-])C#N.O.O.[Ni+2]. The van der Waals surface area contributed by atoms with Crippen LogP contribution in [0, 0.1) is 45.3 Å². The molecule has 15 heteroatoms. The maximum absolute atomic E-state index is 8.01. The van der Waals surface area contributed by atoms with Gasteiger partial charge in [0, 0.05) is 8.95 Å². The van der Waals surface area contributed by atoms with Crippen molar-refractivity contribution in [3.63, 3.8) is 0 Å². The van der Waals surface area contributed by atoms with E-state index in [4.69, 9.17) is 21.0 Å². The van der Waals surface area contributed by atoms with Gasteiger partial charge < -0.3 is 61.5 Å². The maximum atomic E-state index is 8.01. The van der Waals surface area contributed by atoms with Gasteiger partial charge in [0.1, 0.15) is 46.4 Å². The Bertz CT molecular complexity index is 2690. The third kappa shape index (κ3) is 17.7. The number of hydrogen-bond acceptors (Lipinski definition) is 8. The Morgan fingerprint density at radius 3 is 0.630 bits per heavy atom. The van der Waals surface area contributed by atoms with Gasteiger partial charge in [0.25, 0.3) is 0 Å². The Morgan fingerprint density at radius 1 is 0.315 bits per heavy atom. The number of allylic oxidation sites excluding steroid dienone is 4. The zero-order valence-corrected chi connectivity index (χ0v) is 48.0. The second kappa shape index (κ2) is 33.2. The number of halogens is 2. The minimum Gasteiger partial charge on any atom is -0.770 e. The third-order valence-electron chi connectivity index (χ3n) is 10.7. The number of nitrogens with zero attached hydrogens (tertiary/aromatic N) is 4. The van der Waals surface area contributed by atoms with Crippen LogP contribution in [0.1, 0.15) is 11.1 Å². The minimum absolute atomic E-state index is 0. The van der Waals surface area contributed by atoms with E-state index in [1.807, 2.05) is 0 Å². The van der Waals surface area contributed by atoms with Crippen LogP contribution in [0.25, 0.3) is 0 Å². The molecule has 0 bridgehead atoms. The predicted molar refractivity (Wildman–Crippen MR) is 319 cm³/mol. The van der Waals surface area contributed by atoms with Gasteiger partial charge in [-0.3, -0.25) is 0 Å². The summed E-state index contributed by atoms with van der Waals surface area (Å²) in [5, 5.41) is 40.6. The topological polar surface area (TPSA) is 158 Å². The van der Waals surface area contributed by atoms with Crippen molar-refractivity contribution in [1.82, 2.24) is 0 Å². The van der Waals surface area contributed by atoms with E-state index < -0.39 is 14.5 Å². The summed E-state index contributed by atoms with van der Waals surface area (Å²) in [6, 6.07) is 90.1. The van der Waals surface area contributed by atoms with Gasteiger partial charge in [-0.15, -0.1) is 19.6 Å². The summed E-state index contributed by atoms with van der Waals surface area (Å²) >= 11 is 24.5. The van der Waals surface area contributed by atoms with Gasteiger partial charge in [-0.25, -0.2) is 0 Å². The Hall–Kier alpha value is -5.69. The summed E-state index contributed by atoms with van der Waals surface area (Å²) in [5.74, 6) is 0. The van der Waals surface area contributed by atoms with Crippen LogP contribution < -0.4 is 31.8 Å². The molecule has 8 aromatic rings. The fourth-order valence-corrected chi connectivity index (χ4v) is 16.7. The molecule has 0 aromatic heterocycles. The monoisotopic (exact) mass is 1240 g/mol. The number of hydrogen-bond donors (Lipinski definition) is 0. The molecule has 0 aliphatic rings. The van der Waals surface area contributed by atoms with Crippen molar-refractivity contribution in [3.05, 3.63) is 270 Å². The fourth-order valence-electron chi connectivity index (χ4n) is 7.47. The zero-order chi connectivity index (χ0) is 50.2. The van der Waals surface area contributed by atoms with Gasteiger partial charge in [-0.2, -0.15) is 21.0 Å². The molecule has 0 amide bonds. The summed E-state index contributed by atoms with van der Waals surface area (Å²) in [5.41, 5.74) is 2.73. The normalized spacial score (nSPS) is 10.7. The first kappa shape index (κ1) is 63.4. The van der Waals surface area contributed by atoms with Crippen LogP contribution in [-0.4, -0.2) is 11.0 Å². The number of benzene rings is 8. The number of nitriles is 4. The smallest absolute Gasteiger partial charge is 0.770 e. The van der Waals surface area contributed by atoms with E-state index in [0.29, 0.717) is 0 Å². The first-order chi connectivity index (χ1) is 34.0. The number of rotatable bonds is 10. The Morgan fingerprint density at radius 2 is 0.479 bits per heavy atom. The molecule has 0 radical (unpaired) electrons. The van der Waals surface area contributed by atoms with Crippen LogP contribution in [0.2, 0.25) is 0 Å². The minimum atomic E-state index is -1.81. The second-order valence-electron chi connectivity index (χ2n) is 15.0. The average Bonchev–Trinajstić information content (AvgIpc) is 3.43. The van der Waals surface area contributed by atoms with Gasteiger partial charge in [0.15, 0.2) is 0 Å². The third-order valence-corrected chi connectivity index (χ3v) is 21.9. The van der Waals surface area contributed by atoms with E-state index in [1.54, 1.807) is 24.3 Å². The van der Waals surface area contributed by atoms with Gasteiger partial charge in [0.2, 0.25) is 0 Å². The van der Waals surface area contributed by atoms with Crippen LogP contribution >= 0.6 is 46.4 Å². The molecule has 0 spiro atoms. The standard InChI is InChI=1S/2C25H21BrP.2C4H2N2S2.Ni.2H2O/c2*26-22-18-16-21(17-19-22)20-27(23-10-4-1-5-11-23,24-12-6-2-7-13-24)25-14-8-3-9-15-25;2*5-1-3(7)4(8)2-6;;;/h2*1-19H,20H2;2*7-8H;;2*1H2/q2*+1;;;+2;;/p-4/b;;2*4-3-;;;. The zero-order valence-electron chi connectivity index (χ0n) is 38.7. The molecule has 0 aliphatic heterocycles. The van der Waals surface area contributed by atoms with E-state index in [1.165, 1.54) is 43.0 Å². The quantitative estimate of drug-likeness (QED) is 0.0567. The van der Waals surface area contributed by atoms with Crippen molar-refractivity contribution in [2.24, 2.45) is 0 Å². The van der Waals surface area contributed by atoms with Crippen molar-refractivity contribution in [1.29, 1.82) is 21.0 Å². The van der Waals surface area contributed by atoms with Gasteiger partial charge in [0.05, 0.1) is 36.6 Å². The predicted octanol–water partition coefficient (Wildman–Crippen LogP) is 10.9. The van der Waals surface area contributed by atoms with Gasteiger partial charge in [-0.05, 0) is 108 Å². The molecule has 8 aromatic carbocycles. The van der Waals surface area contributed by atoms with Gasteiger partial charge >= 0.3 is 16.5 Å². The molecule has 73 heavy (non-hydrogen) atoms. The van der Waals surface area contributed by atoms with E-state index in [9.17, 15) is 0 Å². The average molecular weight is 1240 g/mol. The molecular weight excluding hydrogens is 1190 g/mol. The summed E-state index contributed by atoms with van der Waals surface area (Å²) in [6.45, 7) is 0. The molecule has 368 valence electrons. The van der Waals surface area contributed by atoms with Crippen LogP contribution in [-0.2, 0) is 79.3 Å². The van der Waals surface area contributed by atoms with Crippen molar-refractivity contribution in [3.8, 4) is 24.3 Å². The Labute approximate surface area is 479 Å². The first-order valence-corrected chi connectivity index (χ1v) is 28.5. The van der Waals surface area contributed by atoms with Gasteiger partial charge in [-0.1, -0.05) is 165 Å². The summed E-state index contributed by atoms with van der Waals surface area (Å²) in [6.07, 6.45) is 2.02. The van der Waals surface area contributed by atoms with E-state index >= 15 is 0 Å². The van der Waals surface area contributed by atoms with Crippen molar-refractivity contribution >= 4 is 129 Å². The van der Waals surface area contributed by atoms with Crippen LogP contribution in [0.3, 0.4) is 0 Å². The molecule has 0 atom stereocenters. The van der Waals surface area contributed by atoms with Crippen LogP contribution in [0.5, 0.6) is 0 Å². The molecule has 0 heterocycles. The van der Waals surface area contributed by atoms with Crippen molar-refractivity contribution in [2.45, 2.75) is 12.3 Å². The molecule has 6 nitrogen and oxygen atoms in total. The van der Waals surface area contributed by atoms with Crippen molar-refractivity contribution < 1.29 is 27.4 Å². The van der Waals surface area contributed by atoms with Crippen molar-refractivity contribution in [2.75, 3.05) is 0 Å². The molecule has 0 unspecified atom stereocenters. The van der Waals surface area contributed by atoms with Crippen LogP contribution in [0.15, 0.2) is 259 Å². The summed E-state index contributed by atoms with van der Waals surface area (Å²) in [7, 11) is -3.61. The molecule has 0 saturated heterocycles. The van der Waals surface area contributed by atoms with Crippen LogP contribution in [0.4, 0.5) is 0 Å². The molecule has 0 fully saturated rings. The second-order valence-corrected chi connectivity index (χ2v) is 25.4.